The Balaban J connectivity index is 3.06. The molecule has 0 aromatic carbocycles. The predicted octanol–water partition coefficient (Wildman–Crippen LogP) is 2.69. The Kier molecular flexibility index (Phi) is 6.80. The fourth-order valence-corrected chi connectivity index (χ4v) is 2.06. The van der Waals surface area contributed by atoms with E-state index in [2.05, 4.69) is 39.5 Å². The zero-order valence-electron chi connectivity index (χ0n) is 11.1. The number of aromatic nitrogens is 2. The van der Waals surface area contributed by atoms with Crippen molar-refractivity contribution in [1.29, 1.82) is 0 Å². The third-order valence-corrected chi connectivity index (χ3v) is 3.63. The van der Waals surface area contributed by atoms with E-state index in [0.717, 1.165) is 22.1 Å². The lowest BCUT2D eigenvalue weighted by Crippen LogP contribution is -2.14. The van der Waals surface area contributed by atoms with Crippen LogP contribution < -0.4 is 5.73 Å². The summed E-state index contributed by atoms with van der Waals surface area (Å²) in [4.78, 5) is 8.84. The minimum absolute atomic E-state index is 0.0880. The molecule has 2 N–H and O–H groups in total. The van der Waals surface area contributed by atoms with Gasteiger partial charge in [0.25, 0.3) is 0 Å². The van der Waals surface area contributed by atoms with E-state index in [4.69, 9.17) is 15.2 Å². The van der Waals surface area contributed by atoms with Crippen molar-refractivity contribution >= 4 is 28.4 Å². The molecule has 0 bridgehead atoms. The average Bonchev–Trinajstić information content (AvgIpc) is 2.34. The first-order valence-electron chi connectivity index (χ1n) is 6.06. The summed E-state index contributed by atoms with van der Waals surface area (Å²) < 4.78 is 11.7. The van der Waals surface area contributed by atoms with Crippen LogP contribution in [-0.4, -0.2) is 23.7 Å². The van der Waals surface area contributed by atoms with Crippen LogP contribution in [0.15, 0.2) is 0 Å². The molecule has 5 nitrogen and oxygen atoms in total. The van der Waals surface area contributed by atoms with Crippen LogP contribution in [0.1, 0.15) is 44.3 Å². The second-order valence-corrected chi connectivity index (χ2v) is 4.97. The van der Waals surface area contributed by atoms with Crippen molar-refractivity contribution in [2.75, 3.05) is 19.5 Å². The maximum atomic E-state index is 5.91. The van der Waals surface area contributed by atoms with Crippen molar-refractivity contribution in [1.82, 2.24) is 9.97 Å². The van der Waals surface area contributed by atoms with Gasteiger partial charge in [0.15, 0.2) is 5.82 Å². The minimum atomic E-state index is -0.0880. The molecular formula is C12H20IN3O2. The lowest BCUT2D eigenvalue weighted by Gasteiger charge is -2.17. The number of hydrogen-bond acceptors (Lipinski definition) is 5. The molecule has 0 aliphatic carbocycles. The van der Waals surface area contributed by atoms with E-state index in [1.165, 1.54) is 0 Å². The lowest BCUT2D eigenvalue weighted by molar-refractivity contribution is 0.0489. The van der Waals surface area contributed by atoms with Gasteiger partial charge in [0, 0.05) is 13.7 Å². The molecule has 102 valence electrons. The Morgan fingerprint density at radius 2 is 2.06 bits per heavy atom. The van der Waals surface area contributed by atoms with Gasteiger partial charge in [-0.15, -0.1) is 0 Å². The molecule has 1 aromatic heterocycles. The van der Waals surface area contributed by atoms with Crippen molar-refractivity contribution in [3.63, 3.8) is 0 Å². The van der Waals surface area contributed by atoms with E-state index in [9.17, 15) is 0 Å². The zero-order chi connectivity index (χ0) is 13.5. The number of nitrogens with zero attached hydrogens (tertiary/aromatic N) is 2. The Hall–Kier alpha value is -0.470. The lowest BCUT2D eigenvalue weighted by atomic mass is 10.2. The summed E-state index contributed by atoms with van der Waals surface area (Å²) in [6.45, 7) is 5.15. The van der Waals surface area contributed by atoms with Gasteiger partial charge in [0.1, 0.15) is 11.9 Å². The number of nitrogen functional groups attached to an aromatic ring is 1. The number of ether oxygens (including phenoxy) is 2. The molecule has 1 aromatic rings. The van der Waals surface area contributed by atoms with E-state index in [1.807, 2.05) is 6.92 Å². The van der Waals surface area contributed by atoms with E-state index in [-0.39, 0.29) is 6.10 Å². The standard InChI is InChI=1S/C12H20IN3O2/c1-4-6-9(18-5-2)12-15-8(7-17-3)10(13)11(14)16-12/h9H,4-7H2,1-3H3,(H2,14,15,16). The van der Waals surface area contributed by atoms with Crippen molar-refractivity contribution in [3.05, 3.63) is 15.1 Å². The van der Waals surface area contributed by atoms with Gasteiger partial charge >= 0.3 is 0 Å². The third kappa shape index (κ3) is 4.03. The van der Waals surface area contributed by atoms with Crippen LogP contribution in [-0.2, 0) is 16.1 Å². The van der Waals surface area contributed by atoms with Gasteiger partial charge in [-0.05, 0) is 35.9 Å². The molecule has 1 atom stereocenters. The number of hydrogen-bond donors (Lipinski definition) is 1. The van der Waals surface area contributed by atoms with Gasteiger partial charge in [-0.25, -0.2) is 9.97 Å². The Labute approximate surface area is 122 Å². The van der Waals surface area contributed by atoms with Crippen molar-refractivity contribution in [2.24, 2.45) is 0 Å². The quantitative estimate of drug-likeness (QED) is 0.753. The number of nitrogens with two attached hydrogens (primary N) is 1. The Morgan fingerprint density at radius 1 is 1.33 bits per heavy atom. The third-order valence-electron chi connectivity index (χ3n) is 2.45. The molecule has 0 aliphatic rings. The molecule has 0 radical (unpaired) electrons. The van der Waals surface area contributed by atoms with Gasteiger partial charge in [-0.3, -0.25) is 0 Å². The fraction of sp³-hybridized carbons (Fsp3) is 0.667. The van der Waals surface area contributed by atoms with Gasteiger partial charge < -0.3 is 15.2 Å². The highest BCUT2D eigenvalue weighted by Gasteiger charge is 2.18. The maximum Gasteiger partial charge on any atom is 0.159 e. The monoisotopic (exact) mass is 365 g/mol. The Morgan fingerprint density at radius 3 is 2.61 bits per heavy atom. The zero-order valence-corrected chi connectivity index (χ0v) is 13.2. The average molecular weight is 365 g/mol. The SMILES string of the molecule is CCCC(OCC)c1nc(N)c(I)c(COC)n1. The normalized spacial score (nSPS) is 12.7. The molecule has 0 amide bonds. The number of rotatable bonds is 7. The summed E-state index contributed by atoms with van der Waals surface area (Å²) >= 11 is 2.14. The summed E-state index contributed by atoms with van der Waals surface area (Å²) in [7, 11) is 1.64. The summed E-state index contributed by atoms with van der Waals surface area (Å²) in [5.74, 6) is 1.15. The molecular weight excluding hydrogens is 345 g/mol. The van der Waals surface area contributed by atoms with Crippen LogP contribution >= 0.6 is 22.6 Å². The fourth-order valence-electron chi connectivity index (χ4n) is 1.66. The summed E-state index contributed by atoms with van der Waals surface area (Å²) in [5.41, 5.74) is 6.73. The van der Waals surface area contributed by atoms with Crippen LogP contribution in [0.3, 0.4) is 0 Å². The second kappa shape index (κ2) is 7.85. The molecule has 0 saturated carbocycles. The van der Waals surface area contributed by atoms with Crippen molar-refractivity contribution in [2.45, 2.75) is 39.4 Å². The van der Waals surface area contributed by atoms with Gasteiger partial charge in [0.05, 0.1) is 15.9 Å². The van der Waals surface area contributed by atoms with Gasteiger partial charge in [-0.2, -0.15) is 0 Å². The van der Waals surface area contributed by atoms with Crippen LogP contribution in [0, 0.1) is 3.57 Å². The van der Waals surface area contributed by atoms with E-state index >= 15 is 0 Å². The predicted molar refractivity (Wildman–Crippen MR) is 79.1 cm³/mol. The number of methoxy groups -OCH3 is 1. The molecule has 0 fully saturated rings. The molecule has 1 rings (SSSR count). The Bertz CT molecular complexity index is 382. The summed E-state index contributed by atoms with van der Waals surface area (Å²) in [6, 6.07) is 0. The highest BCUT2D eigenvalue weighted by atomic mass is 127. The molecule has 0 saturated heterocycles. The minimum Gasteiger partial charge on any atom is -0.383 e. The van der Waals surface area contributed by atoms with E-state index in [0.29, 0.717) is 24.9 Å². The number of anilines is 1. The van der Waals surface area contributed by atoms with Crippen LogP contribution in [0.4, 0.5) is 5.82 Å². The largest absolute Gasteiger partial charge is 0.383 e. The van der Waals surface area contributed by atoms with Crippen molar-refractivity contribution in [3.8, 4) is 0 Å². The maximum absolute atomic E-state index is 5.91. The van der Waals surface area contributed by atoms with Crippen LogP contribution in [0.25, 0.3) is 0 Å². The highest BCUT2D eigenvalue weighted by molar-refractivity contribution is 14.1. The molecule has 18 heavy (non-hydrogen) atoms. The molecule has 1 heterocycles. The first-order chi connectivity index (χ1) is 8.63. The van der Waals surface area contributed by atoms with Crippen molar-refractivity contribution < 1.29 is 9.47 Å². The highest BCUT2D eigenvalue weighted by Crippen LogP contribution is 2.24. The topological polar surface area (TPSA) is 70.3 Å². The van der Waals surface area contributed by atoms with Crippen LogP contribution in [0.2, 0.25) is 0 Å². The molecule has 6 heteroatoms. The van der Waals surface area contributed by atoms with Crippen LogP contribution in [0.5, 0.6) is 0 Å². The molecule has 0 spiro atoms. The van der Waals surface area contributed by atoms with E-state index < -0.39 is 0 Å². The molecule has 1 unspecified atom stereocenters. The first-order valence-corrected chi connectivity index (χ1v) is 7.14. The second-order valence-electron chi connectivity index (χ2n) is 3.89. The van der Waals surface area contributed by atoms with Gasteiger partial charge in [0.2, 0.25) is 0 Å². The van der Waals surface area contributed by atoms with E-state index in [1.54, 1.807) is 7.11 Å². The smallest absolute Gasteiger partial charge is 0.159 e. The molecule has 0 aliphatic heterocycles. The summed E-state index contributed by atoms with van der Waals surface area (Å²) in [5, 5.41) is 0. The number of halogens is 1. The van der Waals surface area contributed by atoms with Gasteiger partial charge in [-0.1, -0.05) is 13.3 Å². The summed E-state index contributed by atoms with van der Waals surface area (Å²) in [6.07, 6.45) is 1.81. The first kappa shape index (κ1) is 15.6.